The Morgan fingerprint density at radius 3 is 1.40 bits per heavy atom. The molecule has 1 aromatic rings. The lowest BCUT2D eigenvalue weighted by molar-refractivity contribution is -0.134. The van der Waals surface area contributed by atoms with Crippen LogP contribution >= 0.6 is 34.8 Å². The lowest BCUT2D eigenvalue weighted by Crippen LogP contribution is -1.85. The Labute approximate surface area is 134 Å². The van der Waals surface area contributed by atoms with Crippen LogP contribution in [0.15, 0.2) is 30.3 Å². The summed E-state index contributed by atoms with van der Waals surface area (Å²) in [7, 11) is 0. The number of aliphatic hydroxyl groups is 1. The van der Waals surface area contributed by atoms with E-state index in [1.807, 2.05) is 6.07 Å². The molecule has 120 valence electrons. The molecule has 20 heavy (non-hydrogen) atoms. The van der Waals surface area contributed by atoms with Crippen LogP contribution in [0.25, 0.3) is 0 Å². The number of phenols is 1. The molecule has 0 spiro atoms. The molecule has 0 aromatic heterocycles. The molecular weight excluding hydrogens is 328 g/mol. The number of halogens is 3. The Morgan fingerprint density at radius 2 is 1.30 bits per heavy atom. The molecule has 5 nitrogen and oxygen atoms in total. The zero-order valence-electron chi connectivity index (χ0n) is 11.6. The Bertz CT molecular complexity index is 283. The van der Waals surface area contributed by atoms with Crippen LogP contribution in [-0.2, 0) is 4.79 Å². The minimum Gasteiger partial charge on any atom is -0.508 e. The number of alkyl halides is 3. The molecule has 0 radical (unpaired) electrons. The molecule has 0 amide bonds. The number of para-hydroxylation sites is 1. The fraction of sp³-hybridized carbons (Fsp3) is 0.417. The normalized spacial score (nSPS) is 7.85. The summed E-state index contributed by atoms with van der Waals surface area (Å²) in [4.78, 5) is 9.00. The summed E-state index contributed by atoms with van der Waals surface area (Å²) in [5, 5.41) is 24.1. The van der Waals surface area contributed by atoms with Gasteiger partial charge in [-0.3, -0.25) is 4.79 Å². The first-order valence-electron chi connectivity index (χ1n) is 5.13. The highest BCUT2D eigenvalue weighted by Crippen LogP contribution is 2.03. The summed E-state index contributed by atoms with van der Waals surface area (Å²) < 4.78 is -0.750. The summed E-state index contributed by atoms with van der Waals surface area (Å²) in [5.41, 5.74) is 0. The number of benzene rings is 1. The SMILES string of the molecule is CC(=O)O.CC(C)O.ClC(Cl)Cl.N.Oc1ccccc1. The highest BCUT2D eigenvalue weighted by Gasteiger charge is 1.79. The van der Waals surface area contributed by atoms with Crippen molar-refractivity contribution in [2.75, 3.05) is 0 Å². The zero-order valence-corrected chi connectivity index (χ0v) is 13.9. The molecule has 0 saturated heterocycles. The van der Waals surface area contributed by atoms with Crippen LogP contribution in [0.2, 0.25) is 0 Å². The molecule has 0 atom stereocenters. The summed E-state index contributed by atoms with van der Waals surface area (Å²) in [6.07, 6.45) is -0.167. The molecule has 0 unspecified atom stereocenters. The van der Waals surface area contributed by atoms with Gasteiger partial charge in [0.25, 0.3) is 5.97 Å². The number of phenolic OH excluding ortho intramolecular Hbond substituents is 1. The monoisotopic (exact) mass is 349 g/mol. The van der Waals surface area contributed by atoms with Crippen LogP contribution in [0.1, 0.15) is 20.8 Å². The molecule has 0 aliphatic carbocycles. The van der Waals surface area contributed by atoms with E-state index in [-0.39, 0.29) is 12.3 Å². The molecular formula is C12H22Cl3NO4. The third kappa shape index (κ3) is 86.4. The first kappa shape index (κ1) is 27.6. The van der Waals surface area contributed by atoms with Crippen molar-refractivity contribution in [3.63, 3.8) is 0 Å². The first-order valence-corrected chi connectivity index (χ1v) is 6.44. The molecule has 0 aliphatic rings. The van der Waals surface area contributed by atoms with Crippen molar-refractivity contribution in [2.24, 2.45) is 0 Å². The lowest BCUT2D eigenvalue weighted by Gasteiger charge is -1.82. The molecule has 0 saturated carbocycles. The van der Waals surface area contributed by atoms with Crippen molar-refractivity contribution in [1.29, 1.82) is 0 Å². The van der Waals surface area contributed by atoms with Crippen LogP contribution < -0.4 is 6.15 Å². The summed E-state index contributed by atoms with van der Waals surface area (Å²) in [5.74, 6) is -0.512. The van der Waals surface area contributed by atoms with Crippen LogP contribution in [0.4, 0.5) is 0 Å². The molecule has 1 rings (SSSR count). The highest BCUT2D eigenvalue weighted by molar-refractivity contribution is 6.63. The molecule has 0 aliphatic heterocycles. The number of aliphatic carboxylic acids is 1. The second-order valence-corrected chi connectivity index (χ2v) is 5.18. The van der Waals surface area contributed by atoms with Gasteiger partial charge < -0.3 is 21.5 Å². The maximum atomic E-state index is 9.00. The number of rotatable bonds is 0. The van der Waals surface area contributed by atoms with Gasteiger partial charge in [0.05, 0.1) is 0 Å². The molecule has 8 heteroatoms. The van der Waals surface area contributed by atoms with Gasteiger partial charge in [-0.2, -0.15) is 0 Å². The predicted molar refractivity (Wildman–Crippen MR) is 85.1 cm³/mol. The largest absolute Gasteiger partial charge is 0.508 e. The Hall–Kier alpha value is -0.720. The quantitative estimate of drug-likeness (QED) is 0.528. The molecule has 0 bridgehead atoms. The standard InChI is InChI=1S/C6H6O.C3H8O.C2H4O2.CHCl3.H3N/c7-6-4-2-1-3-5-6;1-3(2)4;1-2(3)4;2-1(3)4;/h1-5,7H;3-4H,1-2H3;1H3,(H,3,4);1H;1H3. The number of hydrogen-bond donors (Lipinski definition) is 4. The van der Waals surface area contributed by atoms with Gasteiger partial charge in [0, 0.05) is 13.0 Å². The van der Waals surface area contributed by atoms with Gasteiger partial charge >= 0.3 is 0 Å². The Kier molecular flexibility index (Phi) is 28.4. The predicted octanol–water partition coefficient (Wildman–Crippen LogP) is 4.02. The van der Waals surface area contributed by atoms with E-state index in [1.54, 1.807) is 38.1 Å². The number of carboxylic acids is 1. The van der Waals surface area contributed by atoms with Gasteiger partial charge in [-0.25, -0.2) is 0 Å². The van der Waals surface area contributed by atoms with Gasteiger partial charge in [0.15, 0.2) is 4.30 Å². The van der Waals surface area contributed by atoms with Crippen molar-refractivity contribution in [3.8, 4) is 5.75 Å². The van der Waals surface area contributed by atoms with E-state index in [4.69, 9.17) is 54.9 Å². The van der Waals surface area contributed by atoms with E-state index in [1.165, 1.54) is 0 Å². The summed E-state index contributed by atoms with van der Waals surface area (Å²) in [6.45, 7) is 4.53. The van der Waals surface area contributed by atoms with Crippen molar-refractivity contribution in [2.45, 2.75) is 31.2 Å². The van der Waals surface area contributed by atoms with Gasteiger partial charge in [0.2, 0.25) is 0 Å². The van der Waals surface area contributed by atoms with Gasteiger partial charge in [-0.1, -0.05) is 53.0 Å². The number of carboxylic acid groups (broad SMARTS) is 1. The number of carbonyl (C=O) groups is 1. The van der Waals surface area contributed by atoms with E-state index < -0.39 is 10.3 Å². The van der Waals surface area contributed by atoms with Crippen LogP contribution in [0.5, 0.6) is 5.75 Å². The van der Waals surface area contributed by atoms with Crippen LogP contribution in [0, 0.1) is 0 Å². The van der Waals surface area contributed by atoms with E-state index in [9.17, 15) is 0 Å². The minimum absolute atomic E-state index is 0. The third-order valence-corrected chi connectivity index (χ3v) is 0.756. The summed E-state index contributed by atoms with van der Waals surface area (Å²) >= 11 is 14.4. The number of aliphatic hydroxyl groups excluding tert-OH is 1. The smallest absolute Gasteiger partial charge is 0.300 e. The topological polar surface area (TPSA) is 113 Å². The lowest BCUT2D eigenvalue weighted by atomic mass is 10.3. The first-order chi connectivity index (χ1) is 8.59. The fourth-order valence-electron chi connectivity index (χ4n) is 0.428. The number of hydrogen-bond acceptors (Lipinski definition) is 4. The third-order valence-electron chi connectivity index (χ3n) is 0.756. The minimum atomic E-state index is -0.833. The molecule has 1 aromatic carbocycles. The average Bonchev–Trinajstić information content (AvgIpc) is 2.15. The van der Waals surface area contributed by atoms with Crippen molar-refractivity contribution < 1.29 is 20.1 Å². The van der Waals surface area contributed by atoms with Crippen molar-refractivity contribution in [1.82, 2.24) is 6.15 Å². The summed E-state index contributed by atoms with van der Waals surface area (Å²) in [6, 6.07) is 8.71. The van der Waals surface area contributed by atoms with E-state index in [0.29, 0.717) is 5.75 Å². The highest BCUT2D eigenvalue weighted by atomic mass is 35.6. The number of aromatic hydroxyl groups is 1. The van der Waals surface area contributed by atoms with Crippen molar-refractivity contribution in [3.05, 3.63) is 30.3 Å². The average molecular weight is 351 g/mol. The van der Waals surface area contributed by atoms with E-state index in [2.05, 4.69) is 0 Å². The van der Waals surface area contributed by atoms with E-state index in [0.717, 1.165) is 6.92 Å². The van der Waals surface area contributed by atoms with Crippen LogP contribution in [-0.4, -0.2) is 31.7 Å². The Balaban J connectivity index is -0.0000000881. The molecule has 6 N–H and O–H groups in total. The maximum absolute atomic E-state index is 9.00. The van der Waals surface area contributed by atoms with Crippen molar-refractivity contribution >= 4 is 40.8 Å². The molecule has 0 fully saturated rings. The second-order valence-electron chi connectivity index (χ2n) is 3.20. The van der Waals surface area contributed by atoms with Crippen LogP contribution in [0.3, 0.4) is 0 Å². The van der Waals surface area contributed by atoms with Gasteiger partial charge in [-0.05, 0) is 26.0 Å². The van der Waals surface area contributed by atoms with Gasteiger partial charge in [-0.15, -0.1) is 0 Å². The second kappa shape index (κ2) is 20.6. The fourth-order valence-corrected chi connectivity index (χ4v) is 0.428. The Morgan fingerprint density at radius 1 is 1.10 bits per heavy atom. The maximum Gasteiger partial charge on any atom is 0.300 e. The molecule has 0 heterocycles. The van der Waals surface area contributed by atoms with Gasteiger partial charge in [0.1, 0.15) is 5.75 Å². The van der Waals surface area contributed by atoms with E-state index >= 15 is 0 Å². The zero-order chi connectivity index (χ0) is 15.8.